The Labute approximate surface area is 279 Å². The van der Waals surface area contributed by atoms with E-state index in [0.717, 1.165) is 43.8 Å². The van der Waals surface area contributed by atoms with Crippen molar-refractivity contribution in [2.24, 2.45) is 0 Å². The van der Waals surface area contributed by atoms with Crippen molar-refractivity contribution in [2.45, 2.75) is 0 Å². The Balaban J connectivity index is 1.36. The Kier molecular flexibility index (Phi) is 3.62. The molecule has 0 unspecified atom stereocenters. The lowest BCUT2D eigenvalue weighted by molar-refractivity contribution is 0.669. The van der Waals surface area contributed by atoms with Gasteiger partial charge in [-0.25, -0.2) is 0 Å². The molecule has 0 saturated carbocycles. The van der Waals surface area contributed by atoms with Crippen LogP contribution in [0.3, 0.4) is 0 Å². The lowest BCUT2D eigenvalue weighted by atomic mass is 9.85. The van der Waals surface area contributed by atoms with Crippen molar-refractivity contribution in [1.29, 1.82) is 0 Å². The molecule has 0 bridgehead atoms. The first-order valence-electron chi connectivity index (χ1n) is 20.9. The molecule has 45 heavy (non-hydrogen) atoms. The van der Waals surface area contributed by atoms with Crippen LogP contribution in [-0.2, 0) is 0 Å². The van der Waals surface area contributed by atoms with Gasteiger partial charge in [0.2, 0.25) is 0 Å². The minimum absolute atomic E-state index is 0.0424. The van der Waals surface area contributed by atoms with Crippen LogP contribution in [0.5, 0.6) is 0 Å². The van der Waals surface area contributed by atoms with Gasteiger partial charge in [0.05, 0.1) is 17.8 Å². The standard InChI is InChI=1S/C44H28O/c1-2-12-29(13-3-1)33-14-4-5-15-34(33)30-22-24-31(25-23-30)43-36-17-6-8-19-38(36)44(39-20-9-7-18-37(39)43)32-26-27-42-40(28-32)35-16-10-11-21-41(35)45-42/h1-28H/i1D,2D,3D,4D,5D,12D,13D,14D,15D,22D,23D,24D,25D. The van der Waals surface area contributed by atoms with Crippen molar-refractivity contribution >= 4 is 43.5 Å². The molecule has 1 heteroatoms. The summed E-state index contributed by atoms with van der Waals surface area (Å²) in [4.78, 5) is 0. The summed E-state index contributed by atoms with van der Waals surface area (Å²) in [5.41, 5.74) is 1.56. The summed E-state index contributed by atoms with van der Waals surface area (Å²) < 4.78 is 121. The molecule has 0 radical (unpaired) electrons. The van der Waals surface area contributed by atoms with Crippen LogP contribution in [0.25, 0.3) is 88.0 Å². The zero-order chi connectivity index (χ0) is 41.1. The van der Waals surface area contributed by atoms with Crippen LogP contribution < -0.4 is 0 Å². The summed E-state index contributed by atoms with van der Waals surface area (Å²) in [5, 5.41) is 4.75. The third-order valence-corrected chi connectivity index (χ3v) is 8.16. The predicted molar refractivity (Wildman–Crippen MR) is 190 cm³/mol. The zero-order valence-electron chi connectivity index (χ0n) is 36.6. The molecule has 0 N–H and O–H groups in total. The second kappa shape index (κ2) is 10.4. The van der Waals surface area contributed by atoms with E-state index < -0.39 is 101 Å². The molecular formula is C44H28O. The summed E-state index contributed by atoms with van der Waals surface area (Å²) in [6.45, 7) is 0. The van der Waals surface area contributed by atoms with Gasteiger partial charge in [-0.05, 0) is 84.3 Å². The predicted octanol–water partition coefficient (Wildman–Crippen LogP) is 12.6. The van der Waals surface area contributed by atoms with E-state index in [-0.39, 0.29) is 5.56 Å². The molecule has 1 aromatic heterocycles. The molecule has 0 amide bonds. The van der Waals surface area contributed by atoms with Crippen LogP contribution in [-0.4, -0.2) is 0 Å². The third-order valence-electron chi connectivity index (χ3n) is 8.16. The van der Waals surface area contributed by atoms with Gasteiger partial charge in [0.25, 0.3) is 0 Å². The zero-order valence-corrected chi connectivity index (χ0v) is 23.6. The number of fused-ring (bicyclic) bond motifs is 5. The van der Waals surface area contributed by atoms with Gasteiger partial charge in [0.1, 0.15) is 11.2 Å². The molecule has 0 atom stereocenters. The molecule has 8 aromatic carbocycles. The average molecular weight is 586 g/mol. The molecule has 1 nitrogen and oxygen atoms in total. The van der Waals surface area contributed by atoms with Crippen LogP contribution in [0.2, 0.25) is 0 Å². The summed E-state index contributed by atoms with van der Waals surface area (Å²) >= 11 is 0. The van der Waals surface area contributed by atoms with Crippen molar-refractivity contribution < 1.29 is 22.2 Å². The number of hydrogen-bond donors (Lipinski definition) is 0. The van der Waals surface area contributed by atoms with E-state index in [0.29, 0.717) is 16.3 Å². The minimum atomic E-state index is -0.763. The summed E-state index contributed by atoms with van der Waals surface area (Å²) in [6, 6.07) is 19.8. The van der Waals surface area contributed by atoms with Gasteiger partial charge in [0.15, 0.2) is 0 Å². The van der Waals surface area contributed by atoms with E-state index in [1.54, 1.807) is 0 Å². The van der Waals surface area contributed by atoms with Crippen molar-refractivity contribution in [1.82, 2.24) is 0 Å². The van der Waals surface area contributed by atoms with Gasteiger partial charge in [-0.15, -0.1) is 0 Å². The molecule has 0 fully saturated rings. The highest BCUT2D eigenvalue weighted by molar-refractivity contribution is 6.22. The van der Waals surface area contributed by atoms with E-state index in [1.165, 1.54) is 0 Å². The fourth-order valence-corrected chi connectivity index (χ4v) is 6.22. The smallest absolute Gasteiger partial charge is 0.135 e. The Bertz CT molecular complexity index is 3160. The van der Waals surface area contributed by atoms with Crippen LogP contribution in [0.4, 0.5) is 0 Å². The maximum atomic E-state index is 9.50. The number of furan rings is 1. The Morgan fingerprint density at radius 3 is 1.44 bits per heavy atom. The lowest BCUT2D eigenvalue weighted by Gasteiger charge is -2.18. The molecule has 0 aliphatic rings. The van der Waals surface area contributed by atoms with Gasteiger partial charge in [-0.2, -0.15) is 0 Å². The highest BCUT2D eigenvalue weighted by atomic mass is 16.3. The Hall–Kier alpha value is -5.92. The van der Waals surface area contributed by atoms with E-state index in [9.17, 15) is 5.48 Å². The van der Waals surface area contributed by atoms with Crippen LogP contribution in [0.15, 0.2) is 174 Å². The van der Waals surface area contributed by atoms with Crippen LogP contribution in [0, 0.1) is 0 Å². The van der Waals surface area contributed by atoms with Gasteiger partial charge in [-0.1, -0.05) is 151 Å². The average Bonchev–Trinajstić information content (AvgIpc) is 3.61. The van der Waals surface area contributed by atoms with E-state index >= 15 is 0 Å². The fourth-order valence-electron chi connectivity index (χ4n) is 6.22. The van der Waals surface area contributed by atoms with Crippen LogP contribution >= 0.6 is 0 Å². The number of hydrogen-bond acceptors (Lipinski definition) is 1. The van der Waals surface area contributed by atoms with Crippen LogP contribution in [0.1, 0.15) is 17.8 Å². The van der Waals surface area contributed by atoms with Gasteiger partial charge in [-0.3, -0.25) is 0 Å². The first kappa shape index (κ1) is 15.7. The Morgan fingerprint density at radius 1 is 0.356 bits per heavy atom. The Morgan fingerprint density at radius 2 is 0.822 bits per heavy atom. The maximum Gasteiger partial charge on any atom is 0.135 e. The molecule has 9 aromatic rings. The highest BCUT2D eigenvalue weighted by Gasteiger charge is 2.18. The lowest BCUT2D eigenvalue weighted by Crippen LogP contribution is -1.91. The second-order valence-electron chi connectivity index (χ2n) is 10.7. The fraction of sp³-hybridized carbons (Fsp3) is 0. The van der Waals surface area contributed by atoms with Crippen molar-refractivity contribution in [3.8, 4) is 44.5 Å². The normalized spacial score (nSPS) is 15.6. The topological polar surface area (TPSA) is 13.1 Å². The molecule has 1 heterocycles. The summed E-state index contributed by atoms with van der Waals surface area (Å²) in [5.74, 6) is 0. The van der Waals surface area contributed by atoms with Gasteiger partial charge < -0.3 is 4.42 Å². The third kappa shape index (κ3) is 4.17. The van der Waals surface area contributed by atoms with Crippen molar-refractivity contribution in [3.63, 3.8) is 0 Å². The van der Waals surface area contributed by atoms with E-state index in [4.69, 9.17) is 16.8 Å². The SMILES string of the molecule is [2H]c1c([2H])c([2H])c(-c2c([2H])c([2H])c([2H])c([2H])c2-c2c([2H])c([2H])c(-c3c4ccccc4c(-c4ccc5oc6ccccc6c5c4)c4ccccc34)c([2H])c2[2H])c([2H])c1[2H]. The number of rotatable bonds is 4. The highest BCUT2D eigenvalue weighted by Crippen LogP contribution is 2.45. The quantitative estimate of drug-likeness (QED) is 0.187. The number of para-hydroxylation sites is 1. The first-order chi connectivity index (χ1) is 27.7. The molecule has 210 valence electrons. The molecule has 0 aliphatic carbocycles. The summed E-state index contributed by atoms with van der Waals surface area (Å²) in [6.07, 6.45) is 0. The van der Waals surface area contributed by atoms with Crippen molar-refractivity contribution in [3.05, 3.63) is 170 Å². The monoisotopic (exact) mass is 585 g/mol. The minimum Gasteiger partial charge on any atom is -0.456 e. The first-order valence-corrected chi connectivity index (χ1v) is 14.4. The molecular weight excluding hydrogens is 544 g/mol. The molecule has 9 rings (SSSR count). The van der Waals surface area contributed by atoms with Gasteiger partial charge >= 0.3 is 0 Å². The molecule has 0 aliphatic heterocycles. The second-order valence-corrected chi connectivity index (χ2v) is 10.7. The maximum absolute atomic E-state index is 9.50. The van der Waals surface area contributed by atoms with E-state index in [1.807, 2.05) is 84.9 Å². The van der Waals surface area contributed by atoms with Gasteiger partial charge in [0, 0.05) is 10.8 Å². The van der Waals surface area contributed by atoms with E-state index in [2.05, 4.69) is 6.07 Å². The molecule has 0 saturated heterocycles. The largest absolute Gasteiger partial charge is 0.456 e. The number of benzene rings is 8. The molecule has 0 spiro atoms. The summed E-state index contributed by atoms with van der Waals surface area (Å²) in [7, 11) is 0. The van der Waals surface area contributed by atoms with Crippen molar-refractivity contribution in [2.75, 3.05) is 0 Å².